The van der Waals surface area contributed by atoms with Crippen molar-refractivity contribution >= 4 is 0 Å². The molecule has 0 aliphatic heterocycles. The number of hydrogen-bond acceptors (Lipinski definition) is 1. The maximum absolute atomic E-state index is 12.0. The number of halogens is 3. The van der Waals surface area contributed by atoms with E-state index in [0.29, 0.717) is 11.7 Å². The first-order valence-corrected chi connectivity index (χ1v) is 8.45. The fraction of sp³-hybridized carbons (Fsp3) is 0.579. The van der Waals surface area contributed by atoms with E-state index in [0.717, 1.165) is 12.0 Å². The Labute approximate surface area is 136 Å². The zero-order chi connectivity index (χ0) is 16.7. The van der Waals surface area contributed by atoms with Gasteiger partial charge in [0, 0.05) is 6.08 Å². The number of ether oxygens (including phenoxy) is 1. The molecule has 1 aromatic rings. The summed E-state index contributed by atoms with van der Waals surface area (Å²) in [5.41, 5.74) is 1.32. The van der Waals surface area contributed by atoms with Gasteiger partial charge in [-0.15, -0.1) is 0 Å². The largest absolute Gasteiger partial charge is 0.490 e. The fourth-order valence-corrected chi connectivity index (χ4v) is 3.36. The quantitative estimate of drug-likeness (QED) is 0.561. The van der Waals surface area contributed by atoms with Crippen molar-refractivity contribution in [1.82, 2.24) is 0 Å². The summed E-state index contributed by atoms with van der Waals surface area (Å²) in [5.74, 6) is 2.11. The summed E-state index contributed by atoms with van der Waals surface area (Å²) < 4.78 is 41.2. The Morgan fingerprint density at radius 2 is 1.74 bits per heavy atom. The van der Waals surface area contributed by atoms with E-state index in [9.17, 15) is 13.2 Å². The second-order valence-corrected chi connectivity index (χ2v) is 6.33. The summed E-state index contributed by atoms with van der Waals surface area (Å²) >= 11 is 0. The van der Waals surface area contributed by atoms with Crippen LogP contribution in [-0.4, -0.2) is 12.8 Å². The Bertz CT molecular complexity index is 482. The minimum atomic E-state index is -4.27. The first-order chi connectivity index (χ1) is 11.0. The van der Waals surface area contributed by atoms with Crippen LogP contribution in [-0.2, 0) is 0 Å². The Balaban J connectivity index is 1.80. The predicted molar refractivity (Wildman–Crippen MR) is 86.7 cm³/mol. The highest BCUT2D eigenvalue weighted by Gasteiger charge is 2.22. The summed E-state index contributed by atoms with van der Waals surface area (Å²) in [7, 11) is 0. The fourth-order valence-electron chi connectivity index (χ4n) is 3.36. The predicted octanol–water partition coefficient (Wildman–Crippen LogP) is 6.26. The average Bonchev–Trinajstić information content (AvgIpc) is 2.52. The van der Waals surface area contributed by atoms with Crippen molar-refractivity contribution < 1.29 is 17.9 Å². The monoisotopic (exact) mass is 326 g/mol. The van der Waals surface area contributed by atoms with Crippen LogP contribution in [0.4, 0.5) is 13.2 Å². The van der Waals surface area contributed by atoms with Gasteiger partial charge in [-0.2, -0.15) is 13.2 Å². The van der Waals surface area contributed by atoms with Crippen LogP contribution in [0.3, 0.4) is 0 Å². The molecule has 1 aromatic carbocycles. The van der Waals surface area contributed by atoms with Crippen LogP contribution in [0.25, 0.3) is 0 Å². The van der Waals surface area contributed by atoms with E-state index in [1.54, 1.807) is 0 Å². The lowest BCUT2D eigenvalue weighted by Gasteiger charge is -2.28. The number of rotatable bonds is 6. The first-order valence-electron chi connectivity index (χ1n) is 8.45. The molecule has 1 fully saturated rings. The lowest BCUT2D eigenvalue weighted by Crippen LogP contribution is -2.13. The molecule has 4 heteroatoms. The van der Waals surface area contributed by atoms with Crippen molar-refractivity contribution in [3.05, 3.63) is 42.0 Å². The van der Waals surface area contributed by atoms with Crippen LogP contribution in [0.5, 0.6) is 5.75 Å². The maximum atomic E-state index is 12.0. The van der Waals surface area contributed by atoms with Gasteiger partial charge in [0.25, 0.3) is 0 Å². The highest BCUT2D eigenvalue weighted by atomic mass is 19.4. The van der Waals surface area contributed by atoms with Gasteiger partial charge in [-0.05, 0) is 61.3 Å². The second kappa shape index (κ2) is 8.42. The molecule has 0 amide bonds. The van der Waals surface area contributed by atoms with Crippen LogP contribution in [0.15, 0.2) is 36.4 Å². The van der Waals surface area contributed by atoms with Gasteiger partial charge in [-0.3, -0.25) is 0 Å². The average molecular weight is 326 g/mol. The molecule has 0 saturated heterocycles. The SMILES string of the molecule is CCCC1CCC(c2ccc(OCC=CC(F)(F)F)cc2)CC1. The van der Waals surface area contributed by atoms with Crippen LogP contribution in [0, 0.1) is 5.92 Å². The maximum Gasteiger partial charge on any atom is 0.409 e. The molecule has 0 N–H and O–H groups in total. The molecule has 23 heavy (non-hydrogen) atoms. The topological polar surface area (TPSA) is 9.23 Å². The van der Waals surface area contributed by atoms with Crippen molar-refractivity contribution in [3.8, 4) is 5.75 Å². The Kier molecular flexibility index (Phi) is 6.55. The standard InChI is InChI=1S/C19H25F3O/c1-2-4-15-5-7-16(8-6-15)17-9-11-18(12-10-17)23-14-3-13-19(20,21)22/h3,9-13,15-16H,2,4-8,14H2,1H3. The second-order valence-electron chi connectivity index (χ2n) is 6.33. The molecule has 0 atom stereocenters. The summed E-state index contributed by atoms with van der Waals surface area (Å²) in [6.45, 7) is 2.18. The molecule has 128 valence electrons. The van der Waals surface area contributed by atoms with E-state index in [1.165, 1.54) is 44.1 Å². The lowest BCUT2D eigenvalue weighted by atomic mass is 9.77. The number of hydrogen-bond donors (Lipinski definition) is 0. The van der Waals surface area contributed by atoms with Crippen LogP contribution in [0.2, 0.25) is 0 Å². The van der Waals surface area contributed by atoms with Gasteiger partial charge in [0.05, 0.1) is 0 Å². The van der Waals surface area contributed by atoms with Gasteiger partial charge in [-0.25, -0.2) is 0 Å². The van der Waals surface area contributed by atoms with E-state index in [4.69, 9.17) is 4.74 Å². The van der Waals surface area contributed by atoms with E-state index >= 15 is 0 Å². The van der Waals surface area contributed by atoms with E-state index in [2.05, 4.69) is 6.92 Å². The van der Waals surface area contributed by atoms with E-state index in [-0.39, 0.29) is 12.7 Å². The van der Waals surface area contributed by atoms with Crippen molar-refractivity contribution in [2.75, 3.05) is 6.61 Å². The van der Waals surface area contributed by atoms with Crippen molar-refractivity contribution in [3.63, 3.8) is 0 Å². The molecule has 0 spiro atoms. The van der Waals surface area contributed by atoms with Gasteiger partial charge < -0.3 is 4.74 Å². The van der Waals surface area contributed by atoms with Gasteiger partial charge >= 0.3 is 6.18 Å². The number of benzene rings is 1. The lowest BCUT2D eigenvalue weighted by molar-refractivity contribution is -0.0801. The molecule has 0 radical (unpaired) electrons. The Morgan fingerprint density at radius 3 is 2.30 bits per heavy atom. The van der Waals surface area contributed by atoms with Gasteiger partial charge in [-0.1, -0.05) is 31.9 Å². The smallest absolute Gasteiger partial charge is 0.409 e. The molecule has 1 aliphatic rings. The minimum Gasteiger partial charge on any atom is -0.490 e. The highest BCUT2D eigenvalue weighted by molar-refractivity contribution is 5.29. The van der Waals surface area contributed by atoms with E-state index in [1.807, 2.05) is 24.3 Å². The summed E-state index contributed by atoms with van der Waals surface area (Å²) in [5, 5.41) is 0. The molecule has 0 unspecified atom stereocenters. The van der Waals surface area contributed by atoms with Gasteiger partial charge in [0.1, 0.15) is 12.4 Å². The molecule has 0 aromatic heterocycles. The molecule has 0 bridgehead atoms. The Hall–Kier alpha value is -1.45. The molecule has 1 saturated carbocycles. The Morgan fingerprint density at radius 1 is 1.09 bits per heavy atom. The highest BCUT2D eigenvalue weighted by Crippen LogP contribution is 2.37. The molecular formula is C19H25F3O. The number of alkyl halides is 3. The summed E-state index contributed by atoms with van der Waals surface area (Å²) in [4.78, 5) is 0. The molecular weight excluding hydrogens is 301 g/mol. The van der Waals surface area contributed by atoms with E-state index < -0.39 is 6.18 Å². The van der Waals surface area contributed by atoms with Crippen LogP contribution in [0.1, 0.15) is 56.9 Å². The van der Waals surface area contributed by atoms with Crippen molar-refractivity contribution in [1.29, 1.82) is 0 Å². The normalized spacial score (nSPS) is 22.4. The third-order valence-corrected chi connectivity index (χ3v) is 4.55. The first kappa shape index (κ1) is 17.9. The molecule has 0 heterocycles. The van der Waals surface area contributed by atoms with Crippen molar-refractivity contribution in [2.24, 2.45) is 5.92 Å². The zero-order valence-corrected chi connectivity index (χ0v) is 13.6. The number of allylic oxidation sites excluding steroid dienone is 1. The molecule has 1 aliphatic carbocycles. The summed E-state index contributed by atoms with van der Waals surface area (Å²) in [6, 6.07) is 7.81. The van der Waals surface area contributed by atoms with Gasteiger partial charge in [0.15, 0.2) is 0 Å². The van der Waals surface area contributed by atoms with Gasteiger partial charge in [0.2, 0.25) is 0 Å². The minimum absolute atomic E-state index is 0.0685. The zero-order valence-electron chi connectivity index (χ0n) is 13.6. The third-order valence-electron chi connectivity index (χ3n) is 4.55. The summed E-state index contributed by atoms with van der Waals surface area (Å²) in [6.07, 6.45) is 4.61. The van der Waals surface area contributed by atoms with Crippen molar-refractivity contribution in [2.45, 2.75) is 57.5 Å². The molecule has 1 nitrogen and oxygen atoms in total. The molecule has 2 rings (SSSR count). The van der Waals surface area contributed by atoms with Crippen LogP contribution >= 0.6 is 0 Å². The van der Waals surface area contributed by atoms with Crippen LogP contribution < -0.4 is 4.74 Å². The third kappa shape index (κ3) is 6.28.